The molecule has 0 spiro atoms. The van der Waals surface area contributed by atoms with Crippen molar-refractivity contribution in [1.29, 1.82) is 0 Å². The summed E-state index contributed by atoms with van der Waals surface area (Å²) in [5.74, 6) is -1.27. The van der Waals surface area contributed by atoms with E-state index in [1.165, 1.54) is 18.9 Å². The number of hydrogen-bond donors (Lipinski definition) is 2. The predicted molar refractivity (Wildman–Crippen MR) is 163 cm³/mol. The van der Waals surface area contributed by atoms with Crippen LogP contribution in [0.3, 0.4) is 0 Å². The predicted octanol–water partition coefficient (Wildman–Crippen LogP) is 3.31. The maximum atomic E-state index is 15.5. The van der Waals surface area contributed by atoms with Gasteiger partial charge in [0.15, 0.2) is 11.6 Å². The maximum absolute atomic E-state index is 15.5. The van der Waals surface area contributed by atoms with Crippen LogP contribution >= 0.6 is 11.6 Å². The van der Waals surface area contributed by atoms with Gasteiger partial charge in [0.05, 0.1) is 24.9 Å². The first-order valence-corrected chi connectivity index (χ1v) is 15.6. The number of halogens is 2. The van der Waals surface area contributed by atoms with E-state index in [4.69, 9.17) is 21.1 Å². The molecule has 0 aromatic heterocycles. The van der Waals surface area contributed by atoms with Gasteiger partial charge in [-0.3, -0.25) is 9.69 Å². The standard InChI is InChI=1S/C31H43ClFN5O4/c1-21-18-25(33)28(34-8-5-12-37-14-16-41-17-15-37)30-29(21)38(26-7-6-23(32)19-27(26)42-30)22(2)24(20-39)31(40)35-9-13-36-10-3-4-11-36/h6-7,18-20,22,24,26-27,34H,3-5,8-17H2,1-2H3,(H,35,40). The molecule has 2 N–H and O–H groups in total. The van der Waals surface area contributed by atoms with Crippen molar-refractivity contribution < 1.29 is 23.5 Å². The second-order valence-corrected chi connectivity index (χ2v) is 12.0. The molecule has 4 aliphatic rings. The van der Waals surface area contributed by atoms with Gasteiger partial charge in [-0.1, -0.05) is 17.7 Å². The lowest BCUT2D eigenvalue weighted by Gasteiger charge is -2.47. The van der Waals surface area contributed by atoms with Crippen LogP contribution in [0.2, 0.25) is 0 Å². The fraction of sp³-hybridized carbons (Fsp3) is 0.613. The third kappa shape index (κ3) is 6.93. The van der Waals surface area contributed by atoms with Crippen molar-refractivity contribution in [3.05, 3.63) is 40.7 Å². The van der Waals surface area contributed by atoms with Gasteiger partial charge in [-0.25, -0.2) is 4.39 Å². The summed E-state index contributed by atoms with van der Waals surface area (Å²) in [7, 11) is 0. The minimum atomic E-state index is -0.931. The van der Waals surface area contributed by atoms with Crippen LogP contribution in [0.5, 0.6) is 5.75 Å². The van der Waals surface area contributed by atoms with Crippen LogP contribution in [-0.2, 0) is 14.3 Å². The lowest BCUT2D eigenvalue weighted by atomic mass is 9.91. The first-order chi connectivity index (χ1) is 20.4. The van der Waals surface area contributed by atoms with Crippen molar-refractivity contribution >= 4 is 35.2 Å². The number of aldehydes is 1. The Balaban J connectivity index is 1.37. The number of amides is 1. The van der Waals surface area contributed by atoms with Gasteiger partial charge in [0.25, 0.3) is 0 Å². The molecule has 1 aromatic rings. The fourth-order valence-corrected chi connectivity index (χ4v) is 6.63. The number of anilines is 2. The van der Waals surface area contributed by atoms with Crippen LogP contribution in [0.1, 0.15) is 31.7 Å². The first kappa shape index (κ1) is 30.8. The Kier molecular flexibility index (Phi) is 10.4. The highest BCUT2D eigenvalue weighted by Gasteiger charge is 2.43. The molecule has 11 heteroatoms. The van der Waals surface area contributed by atoms with E-state index in [9.17, 15) is 9.59 Å². The van der Waals surface area contributed by atoms with E-state index in [0.717, 1.165) is 65.2 Å². The van der Waals surface area contributed by atoms with E-state index < -0.39 is 23.9 Å². The molecule has 0 bridgehead atoms. The molecule has 1 aromatic carbocycles. The topological polar surface area (TPSA) is 86.4 Å². The Morgan fingerprint density at radius 3 is 2.64 bits per heavy atom. The van der Waals surface area contributed by atoms with Crippen molar-refractivity contribution in [3.8, 4) is 5.75 Å². The molecular formula is C31H43ClFN5O4. The number of allylic oxidation sites excluding steroid dienone is 2. The molecule has 9 nitrogen and oxygen atoms in total. The summed E-state index contributed by atoms with van der Waals surface area (Å²) in [5, 5.41) is 6.78. The number of rotatable bonds is 12. The lowest BCUT2D eigenvalue weighted by Crippen LogP contribution is -2.57. The van der Waals surface area contributed by atoms with Gasteiger partial charge in [0.1, 0.15) is 24.0 Å². The normalized spacial score (nSPS) is 23.8. The second-order valence-electron chi connectivity index (χ2n) is 11.6. The molecule has 3 aliphatic heterocycles. The number of carbonyl (C=O) groups excluding carboxylic acids is 2. The van der Waals surface area contributed by atoms with Gasteiger partial charge in [-0.15, -0.1) is 0 Å². The first-order valence-electron chi connectivity index (χ1n) is 15.2. The number of likely N-dealkylation sites (tertiary alicyclic amines) is 1. The smallest absolute Gasteiger partial charge is 0.232 e. The van der Waals surface area contributed by atoms with Gasteiger partial charge in [-0.05, 0) is 76.5 Å². The number of morpholine rings is 1. The summed E-state index contributed by atoms with van der Waals surface area (Å²) in [5.41, 5.74) is 1.62. The Hall–Kier alpha value is -2.66. The number of ether oxygens (including phenoxy) is 2. The summed E-state index contributed by atoms with van der Waals surface area (Å²) >= 11 is 6.37. The van der Waals surface area contributed by atoms with Gasteiger partial charge < -0.3 is 34.7 Å². The van der Waals surface area contributed by atoms with Gasteiger partial charge in [-0.2, -0.15) is 0 Å². The maximum Gasteiger partial charge on any atom is 0.232 e. The average Bonchev–Trinajstić information content (AvgIpc) is 3.50. The zero-order valence-corrected chi connectivity index (χ0v) is 25.4. The number of benzene rings is 1. The Bertz CT molecular complexity index is 1180. The molecule has 1 amide bonds. The zero-order chi connectivity index (χ0) is 29.6. The van der Waals surface area contributed by atoms with Crippen LogP contribution in [0.25, 0.3) is 0 Å². The van der Waals surface area contributed by atoms with Gasteiger partial charge in [0.2, 0.25) is 5.91 Å². The van der Waals surface area contributed by atoms with Crippen molar-refractivity contribution in [3.63, 3.8) is 0 Å². The minimum Gasteiger partial charge on any atom is -0.479 e. The van der Waals surface area contributed by atoms with Crippen LogP contribution in [0.15, 0.2) is 29.3 Å². The van der Waals surface area contributed by atoms with E-state index in [-0.39, 0.29) is 17.6 Å². The summed E-state index contributed by atoms with van der Waals surface area (Å²) in [6.45, 7) is 11.8. The van der Waals surface area contributed by atoms with Crippen LogP contribution < -0.4 is 20.3 Å². The molecule has 5 rings (SSSR count). The third-order valence-corrected chi connectivity index (χ3v) is 8.99. The monoisotopic (exact) mass is 603 g/mol. The molecule has 0 saturated carbocycles. The number of fused-ring (bicyclic) bond motifs is 2. The van der Waals surface area contributed by atoms with Crippen molar-refractivity contribution in [1.82, 2.24) is 15.1 Å². The van der Waals surface area contributed by atoms with E-state index >= 15 is 4.39 Å². The summed E-state index contributed by atoms with van der Waals surface area (Å²) < 4.78 is 27.4. The van der Waals surface area contributed by atoms with E-state index in [1.54, 1.807) is 12.2 Å². The number of carbonyl (C=O) groups is 2. The van der Waals surface area contributed by atoms with E-state index in [0.29, 0.717) is 35.1 Å². The van der Waals surface area contributed by atoms with E-state index in [1.807, 2.05) is 24.8 Å². The largest absolute Gasteiger partial charge is 0.479 e. The number of hydrogen-bond acceptors (Lipinski definition) is 8. The van der Waals surface area contributed by atoms with Crippen molar-refractivity contribution in [2.24, 2.45) is 5.92 Å². The minimum absolute atomic E-state index is 0.282. The molecule has 42 heavy (non-hydrogen) atoms. The quantitative estimate of drug-likeness (QED) is 0.214. The molecule has 4 unspecified atom stereocenters. The molecule has 1 aliphatic carbocycles. The lowest BCUT2D eigenvalue weighted by molar-refractivity contribution is -0.129. The van der Waals surface area contributed by atoms with Gasteiger partial charge >= 0.3 is 0 Å². The highest BCUT2D eigenvalue weighted by Crippen LogP contribution is 2.48. The Morgan fingerprint density at radius 1 is 1.17 bits per heavy atom. The van der Waals surface area contributed by atoms with Crippen LogP contribution in [0.4, 0.5) is 15.8 Å². The zero-order valence-electron chi connectivity index (χ0n) is 24.6. The fourth-order valence-electron chi connectivity index (χ4n) is 6.43. The molecule has 0 radical (unpaired) electrons. The highest BCUT2D eigenvalue weighted by molar-refractivity contribution is 6.31. The highest BCUT2D eigenvalue weighted by atomic mass is 35.5. The van der Waals surface area contributed by atoms with Crippen LogP contribution in [-0.4, -0.2) is 106 Å². The molecule has 2 saturated heterocycles. The third-order valence-electron chi connectivity index (χ3n) is 8.73. The Morgan fingerprint density at radius 2 is 1.90 bits per heavy atom. The van der Waals surface area contributed by atoms with E-state index in [2.05, 4.69) is 20.4 Å². The molecular weight excluding hydrogens is 561 g/mol. The number of aryl methyl sites for hydroxylation is 1. The number of nitrogens with zero attached hydrogens (tertiary/aromatic N) is 3. The number of nitrogens with one attached hydrogen (secondary N) is 2. The SMILES string of the molecule is Cc1cc(F)c(NCCCN2CCOCC2)c2c1N(C(C)C(C=O)C(=O)NCCN1CCCC1)C1C=CC(Cl)=CC1O2. The molecule has 4 atom stereocenters. The molecule has 2 fully saturated rings. The molecule has 230 valence electrons. The summed E-state index contributed by atoms with van der Waals surface area (Å²) in [4.78, 5) is 32.4. The summed E-state index contributed by atoms with van der Waals surface area (Å²) in [6, 6.07) is 0.638. The molecule has 3 heterocycles. The Labute approximate surface area is 253 Å². The van der Waals surface area contributed by atoms with Crippen LogP contribution in [0, 0.1) is 18.7 Å². The summed E-state index contributed by atoms with van der Waals surface area (Å²) in [6.07, 6.45) is 8.91. The van der Waals surface area contributed by atoms with Crippen molar-refractivity contribution in [2.75, 3.05) is 75.8 Å². The van der Waals surface area contributed by atoms with Crippen molar-refractivity contribution in [2.45, 2.75) is 51.3 Å². The second kappa shape index (κ2) is 14.2. The average molecular weight is 604 g/mol. The van der Waals surface area contributed by atoms with Gasteiger partial charge in [0, 0.05) is 43.8 Å².